The van der Waals surface area contributed by atoms with Crippen LogP contribution in [0.25, 0.3) is 0 Å². The average Bonchev–Trinajstić information content (AvgIpc) is 3.12. The molecule has 180 valence electrons. The van der Waals surface area contributed by atoms with Crippen LogP contribution in [-0.4, -0.2) is 33.9 Å². The third-order valence-electron chi connectivity index (χ3n) is 8.77. The number of hydrogen-bond acceptors (Lipinski definition) is 3. The van der Waals surface area contributed by atoms with Crippen LogP contribution in [0, 0.1) is 17.3 Å². The van der Waals surface area contributed by atoms with Crippen LogP contribution < -0.4 is 0 Å². The van der Waals surface area contributed by atoms with Crippen molar-refractivity contribution in [2.45, 2.75) is 116 Å². The highest BCUT2D eigenvalue weighted by Gasteiger charge is 2.46. The lowest BCUT2D eigenvalue weighted by Crippen LogP contribution is -2.33. The summed E-state index contributed by atoms with van der Waals surface area (Å²) in [7, 11) is 0. The summed E-state index contributed by atoms with van der Waals surface area (Å²) in [4.78, 5) is 12.2. The van der Waals surface area contributed by atoms with E-state index in [1.165, 1.54) is 12.0 Å². The fourth-order valence-electron chi connectivity index (χ4n) is 6.45. The van der Waals surface area contributed by atoms with Gasteiger partial charge in [0.05, 0.1) is 11.7 Å². The number of hydrogen-bond donors (Lipinski definition) is 2. The fourth-order valence-corrected chi connectivity index (χ4v) is 6.45. The molecule has 3 aliphatic carbocycles. The molecular formula is C28H43FO3. The Hall–Kier alpha value is -1.26. The van der Waals surface area contributed by atoms with Crippen LogP contribution in [0.1, 0.15) is 98.3 Å². The number of halogens is 1. The minimum absolute atomic E-state index is 0.0769. The van der Waals surface area contributed by atoms with E-state index in [1.807, 2.05) is 0 Å². The molecule has 0 aromatic heterocycles. The van der Waals surface area contributed by atoms with Gasteiger partial charge >= 0.3 is 0 Å². The van der Waals surface area contributed by atoms with Crippen LogP contribution in [0.15, 0.2) is 34.9 Å². The zero-order valence-corrected chi connectivity index (χ0v) is 20.5. The first kappa shape index (κ1) is 25.4. The average molecular weight is 447 g/mol. The lowest BCUT2D eigenvalue weighted by atomic mass is 9.62. The van der Waals surface area contributed by atoms with Gasteiger partial charge in [0.15, 0.2) is 12.0 Å². The Balaban J connectivity index is 1.68. The molecule has 32 heavy (non-hydrogen) atoms. The van der Waals surface area contributed by atoms with Crippen molar-refractivity contribution in [2.24, 2.45) is 17.3 Å². The predicted molar refractivity (Wildman–Crippen MR) is 128 cm³/mol. The van der Waals surface area contributed by atoms with E-state index in [0.717, 1.165) is 51.4 Å². The Morgan fingerprint density at radius 1 is 1.31 bits per heavy atom. The van der Waals surface area contributed by atoms with Gasteiger partial charge in [-0.25, -0.2) is 4.39 Å². The molecule has 0 aromatic carbocycles. The number of Topliss-reactive ketones (excluding diaryl/α,β-unsaturated/α-hetero) is 1. The standard InChI is InChI=1S/C28H43FO3/c1-5-28(32,6-2)16-7-9-19(3)23-13-14-24-20(10-8-15-27(23,24)4)11-12-21-17-22(30)18-25(29)26(21)31/h11-13,19,22,24-25,30,32H,5-10,14-18H2,1-4H3/b20-11+,21-12-. The molecule has 0 amide bonds. The van der Waals surface area contributed by atoms with Gasteiger partial charge in [-0.2, -0.15) is 0 Å². The first-order chi connectivity index (χ1) is 15.1. The van der Waals surface area contributed by atoms with Crippen molar-refractivity contribution in [3.05, 3.63) is 34.9 Å². The van der Waals surface area contributed by atoms with Gasteiger partial charge in [-0.15, -0.1) is 0 Å². The van der Waals surface area contributed by atoms with Crippen LogP contribution in [0.3, 0.4) is 0 Å². The second-order valence-electron chi connectivity index (χ2n) is 10.8. The zero-order valence-electron chi connectivity index (χ0n) is 20.5. The van der Waals surface area contributed by atoms with E-state index in [4.69, 9.17) is 0 Å². The first-order valence-corrected chi connectivity index (χ1v) is 12.8. The second kappa shape index (κ2) is 10.3. The maximum absolute atomic E-state index is 13.9. The fraction of sp³-hybridized carbons (Fsp3) is 0.750. The lowest BCUT2D eigenvalue weighted by molar-refractivity contribution is -0.123. The topological polar surface area (TPSA) is 57.5 Å². The molecule has 2 fully saturated rings. The van der Waals surface area contributed by atoms with Crippen molar-refractivity contribution in [2.75, 3.05) is 0 Å². The van der Waals surface area contributed by atoms with Gasteiger partial charge in [0.1, 0.15) is 0 Å². The molecule has 0 spiro atoms. The minimum Gasteiger partial charge on any atom is -0.393 e. The summed E-state index contributed by atoms with van der Waals surface area (Å²) in [5.41, 5.74) is 2.97. The van der Waals surface area contributed by atoms with Crippen molar-refractivity contribution in [3.63, 3.8) is 0 Å². The number of ketones is 1. The van der Waals surface area contributed by atoms with Crippen molar-refractivity contribution < 1.29 is 19.4 Å². The van der Waals surface area contributed by atoms with E-state index in [-0.39, 0.29) is 18.3 Å². The second-order valence-corrected chi connectivity index (χ2v) is 10.8. The number of aliphatic hydroxyl groups is 2. The molecule has 2 N–H and O–H groups in total. The highest BCUT2D eigenvalue weighted by molar-refractivity contribution is 5.99. The Kier molecular flexibility index (Phi) is 8.20. The van der Waals surface area contributed by atoms with Crippen molar-refractivity contribution in [1.29, 1.82) is 0 Å². The molecule has 0 aromatic rings. The maximum atomic E-state index is 13.9. The number of rotatable bonds is 8. The molecule has 5 atom stereocenters. The number of fused-ring (bicyclic) bond motifs is 1. The number of alkyl halides is 1. The zero-order chi connectivity index (χ0) is 23.5. The molecule has 3 aliphatic rings. The summed E-state index contributed by atoms with van der Waals surface area (Å²) in [6.45, 7) is 8.87. The van der Waals surface area contributed by atoms with Crippen LogP contribution in [-0.2, 0) is 4.79 Å². The van der Waals surface area contributed by atoms with Crippen molar-refractivity contribution in [3.8, 4) is 0 Å². The quantitative estimate of drug-likeness (QED) is 0.335. The summed E-state index contributed by atoms with van der Waals surface area (Å²) in [5.74, 6) is 0.491. The smallest absolute Gasteiger partial charge is 0.193 e. The SMILES string of the molecule is CCC(O)(CC)CCCC(C)C1=CCC2/C(=C/C=C3/CC(O)CC(F)C3=O)CCCC12C. The number of allylic oxidation sites excluding steroid dienone is 5. The molecular weight excluding hydrogens is 403 g/mol. The summed E-state index contributed by atoms with van der Waals surface area (Å²) in [6.07, 6.45) is 13.1. The van der Waals surface area contributed by atoms with E-state index in [0.29, 0.717) is 17.4 Å². The summed E-state index contributed by atoms with van der Waals surface area (Å²) >= 11 is 0. The highest BCUT2D eigenvalue weighted by atomic mass is 19.1. The summed E-state index contributed by atoms with van der Waals surface area (Å²) in [5, 5.41) is 20.5. The van der Waals surface area contributed by atoms with Crippen LogP contribution in [0.2, 0.25) is 0 Å². The lowest BCUT2D eigenvalue weighted by Gasteiger charge is -2.42. The first-order valence-electron chi connectivity index (χ1n) is 12.8. The molecule has 3 nitrogen and oxygen atoms in total. The van der Waals surface area contributed by atoms with E-state index in [9.17, 15) is 19.4 Å². The molecule has 2 saturated carbocycles. The number of carbonyl (C=O) groups excluding carboxylic acids is 1. The molecule has 0 radical (unpaired) electrons. The van der Waals surface area contributed by atoms with Crippen molar-refractivity contribution in [1.82, 2.24) is 0 Å². The Morgan fingerprint density at radius 3 is 2.72 bits per heavy atom. The molecule has 0 saturated heterocycles. The Bertz CT molecular complexity index is 776. The summed E-state index contributed by atoms with van der Waals surface area (Å²) in [6, 6.07) is 0. The van der Waals surface area contributed by atoms with Gasteiger partial charge in [0, 0.05) is 18.4 Å². The molecule has 3 rings (SSSR count). The van der Waals surface area contributed by atoms with Gasteiger partial charge in [0.2, 0.25) is 0 Å². The predicted octanol–water partition coefficient (Wildman–Crippen LogP) is 6.40. The highest BCUT2D eigenvalue weighted by Crippen LogP contribution is 2.57. The minimum atomic E-state index is -1.57. The van der Waals surface area contributed by atoms with E-state index < -0.39 is 23.7 Å². The summed E-state index contributed by atoms with van der Waals surface area (Å²) < 4.78 is 13.9. The third kappa shape index (κ3) is 5.28. The van der Waals surface area contributed by atoms with Crippen LogP contribution >= 0.6 is 0 Å². The molecule has 0 aliphatic heterocycles. The van der Waals surface area contributed by atoms with E-state index >= 15 is 0 Å². The molecule has 4 heteroatoms. The van der Waals surface area contributed by atoms with Gasteiger partial charge in [-0.1, -0.05) is 63.5 Å². The van der Waals surface area contributed by atoms with E-state index in [1.54, 1.807) is 11.6 Å². The van der Waals surface area contributed by atoms with Gasteiger partial charge in [0.25, 0.3) is 0 Å². The third-order valence-corrected chi connectivity index (χ3v) is 8.77. The number of aliphatic hydroxyl groups excluding tert-OH is 1. The molecule has 0 heterocycles. The maximum Gasteiger partial charge on any atom is 0.193 e. The Morgan fingerprint density at radius 2 is 2.03 bits per heavy atom. The number of carbonyl (C=O) groups is 1. The molecule has 5 unspecified atom stereocenters. The normalized spacial score (nSPS) is 34.7. The van der Waals surface area contributed by atoms with E-state index in [2.05, 4.69) is 39.8 Å². The van der Waals surface area contributed by atoms with Gasteiger partial charge < -0.3 is 10.2 Å². The molecule has 0 bridgehead atoms. The largest absolute Gasteiger partial charge is 0.393 e. The van der Waals surface area contributed by atoms with Gasteiger partial charge in [-0.3, -0.25) is 4.79 Å². The van der Waals surface area contributed by atoms with Crippen LogP contribution in [0.5, 0.6) is 0 Å². The van der Waals surface area contributed by atoms with Crippen molar-refractivity contribution >= 4 is 5.78 Å². The van der Waals surface area contributed by atoms with Gasteiger partial charge in [-0.05, 0) is 68.6 Å². The monoisotopic (exact) mass is 446 g/mol. The van der Waals surface area contributed by atoms with Crippen LogP contribution in [0.4, 0.5) is 4.39 Å². The Labute approximate surface area is 193 Å².